The minimum atomic E-state index is -0.365. The summed E-state index contributed by atoms with van der Waals surface area (Å²) in [6.07, 6.45) is 1.99. The summed E-state index contributed by atoms with van der Waals surface area (Å²) in [6, 6.07) is 3.36. The van der Waals surface area contributed by atoms with E-state index >= 15 is 0 Å². The molecule has 1 heterocycles. The second-order valence-electron chi connectivity index (χ2n) is 5.56. The molecule has 1 aromatic rings. The Morgan fingerprint density at radius 1 is 1.23 bits per heavy atom. The summed E-state index contributed by atoms with van der Waals surface area (Å²) in [6.45, 7) is 1.75. The molecule has 0 bridgehead atoms. The van der Waals surface area contributed by atoms with Crippen LogP contribution in [-0.4, -0.2) is 45.1 Å². The lowest BCUT2D eigenvalue weighted by Gasteiger charge is -2.11. The fourth-order valence-corrected chi connectivity index (χ4v) is 2.49. The summed E-state index contributed by atoms with van der Waals surface area (Å²) in [7, 11) is 4.58. The second-order valence-corrected chi connectivity index (χ2v) is 5.56. The van der Waals surface area contributed by atoms with E-state index in [1.165, 1.54) is 27.5 Å². The van der Waals surface area contributed by atoms with Crippen LogP contribution >= 0.6 is 0 Å². The Balaban J connectivity index is 1.96. The number of nitrogens with one attached hydrogen (secondary N) is 2. The van der Waals surface area contributed by atoms with Gasteiger partial charge in [0.1, 0.15) is 5.75 Å². The molecule has 1 unspecified atom stereocenters. The first-order valence-electron chi connectivity index (χ1n) is 7.96. The predicted octanol–water partition coefficient (Wildman–Crippen LogP) is 1.06. The topological polar surface area (TPSA) is 111 Å². The first-order valence-corrected chi connectivity index (χ1v) is 7.96. The van der Waals surface area contributed by atoms with E-state index < -0.39 is 0 Å². The van der Waals surface area contributed by atoms with Gasteiger partial charge in [-0.25, -0.2) is 10.9 Å². The third-order valence-electron chi connectivity index (χ3n) is 3.95. The van der Waals surface area contributed by atoms with Gasteiger partial charge in [0, 0.05) is 23.8 Å². The number of ether oxygens (including phenoxy) is 3. The van der Waals surface area contributed by atoms with Crippen molar-refractivity contribution in [2.45, 2.75) is 19.8 Å². The van der Waals surface area contributed by atoms with Crippen molar-refractivity contribution in [3.63, 3.8) is 0 Å². The summed E-state index contributed by atoms with van der Waals surface area (Å²) in [5, 5.41) is 7.78. The molecule has 2 rings (SSSR count). The maximum Gasteiger partial charge on any atom is 0.248 e. The van der Waals surface area contributed by atoms with Crippen molar-refractivity contribution in [1.29, 1.82) is 0 Å². The van der Waals surface area contributed by atoms with Gasteiger partial charge in [-0.3, -0.25) is 9.59 Å². The number of hydrazone groups is 2. The van der Waals surface area contributed by atoms with Gasteiger partial charge in [-0.15, -0.1) is 0 Å². The van der Waals surface area contributed by atoms with E-state index in [0.29, 0.717) is 34.9 Å². The smallest absolute Gasteiger partial charge is 0.248 e. The number of benzene rings is 1. The monoisotopic (exact) mass is 362 g/mol. The van der Waals surface area contributed by atoms with Crippen LogP contribution in [-0.2, 0) is 9.59 Å². The normalized spacial score (nSPS) is 16.2. The maximum atomic E-state index is 11.9. The summed E-state index contributed by atoms with van der Waals surface area (Å²) in [5.74, 6) is 0.716. The molecule has 1 aromatic carbocycles. The number of carbonyl (C=O) groups excluding carboxylic acids is 2. The summed E-state index contributed by atoms with van der Waals surface area (Å²) >= 11 is 0. The van der Waals surface area contributed by atoms with Crippen LogP contribution < -0.4 is 25.1 Å². The largest absolute Gasteiger partial charge is 0.496 e. The molecule has 140 valence electrons. The zero-order valence-corrected chi connectivity index (χ0v) is 15.2. The molecule has 0 spiro atoms. The molecule has 0 aromatic heterocycles. The lowest BCUT2D eigenvalue weighted by Crippen LogP contribution is -2.25. The maximum absolute atomic E-state index is 11.9. The van der Waals surface area contributed by atoms with E-state index in [2.05, 4.69) is 21.1 Å². The van der Waals surface area contributed by atoms with E-state index in [1.807, 2.05) is 0 Å². The van der Waals surface area contributed by atoms with Gasteiger partial charge in [0.15, 0.2) is 11.5 Å². The molecule has 0 aliphatic carbocycles. The van der Waals surface area contributed by atoms with E-state index in [-0.39, 0.29) is 24.2 Å². The van der Waals surface area contributed by atoms with Crippen molar-refractivity contribution < 1.29 is 23.8 Å². The fraction of sp³-hybridized carbons (Fsp3) is 0.412. The highest BCUT2D eigenvalue weighted by molar-refractivity contribution is 6.07. The molecule has 2 amide bonds. The van der Waals surface area contributed by atoms with Gasteiger partial charge in [-0.2, -0.15) is 10.2 Å². The number of hydrogen-bond donors (Lipinski definition) is 2. The molecule has 26 heavy (non-hydrogen) atoms. The van der Waals surface area contributed by atoms with Gasteiger partial charge in [0.2, 0.25) is 11.8 Å². The minimum Gasteiger partial charge on any atom is -0.496 e. The number of carbonyl (C=O) groups is 2. The van der Waals surface area contributed by atoms with Crippen LogP contribution in [0, 0.1) is 5.92 Å². The Morgan fingerprint density at radius 3 is 2.46 bits per heavy atom. The Morgan fingerprint density at radius 2 is 1.88 bits per heavy atom. The van der Waals surface area contributed by atoms with Crippen molar-refractivity contribution in [1.82, 2.24) is 10.9 Å². The highest BCUT2D eigenvalue weighted by Crippen LogP contribution is 2.33. The van der Waals surface area contributed by atoms with Crippen molar-refractivity contribution in [3.8, 4) is 17.2 Å². The average Bonchev–Trinajstić information content (AvgIpc) is 2.97. The molecule has 0 saturated carbocycles. The van der Waals surface area contributed by atoms with E-state index in [0.717, 1.165) is 0 Å². The molecule has 1 aliphatic heterocycles. The molecule has 0 saturated heterocycles. The van der Waals surface area contributed by atoms with Crippen LogP contribution in [0.15, 0.2) is 22.3 Å². The Kier molecular flexibility index (Phi) is 6.54. The molecule has 2 N–H and O–H groups in total. The van der Waals surface area contributed by atoms with E-state index in [9.17, 15) is 9.59 Å². The number of hydrogen-bond acceptors (Lipinski definition) is 7. The van der Waals surface area contributed by atoms with Gasteiger partial charge in [0.25, 0.3) is 0 Å². The van der Waals surface area contributed by atoms with Crippen molar-refractivity contribution in [2.75, 3.05) is 21.3 Å². The zero-order valence-electron chi connectivity index (χ0n) is 15.2. The number of amides is 2. The molecule has 1 aliphatic rings. The third kappa shape index (κ3) is 4.50. The van der Waals surface area contributed by atoms with Gasteiger partial charge in [-0.1, -0.05) is 0 Å². The summed E-state index contributed by atoms with van der Waals surface area (Å²) in [4.78, 5) is 23.5. The molecular weight excluding hydrogens is 340 g/mol. The molecule has 9 nitrogen and oxygen atoms in total. The third-order valence-corrected chi connectivity index (χ3v) is 3.95. The van der Waals surface area contributed by atoms with Gasteiger partial charge in [0.05, 0.1) is 33.5 Å². The van der Waals surface area contributed by atoms with Crippen molar-refractivity contribution in [2.24, 2.45) is 16.1 Å². The standard InChI is InChI=1S/C17H22N4O5/c1-10-12(17(23)21-19-10)5-6-16(22)20-18-9-11-7-14(25-3)15(26-4)8-13(11)24-2/h7-9,12H,5-6H2,1-4H3,(H,20,22)(H,21,23). The van der Waals surface area contributed by atoms with Crippen LogP contribution in [0.4, 0.5) is 0 Å². The van der Waals surface area contributed by atoms with Crippen LogP contribution in [0.1, 0.15) is 25.3 Å². The molecule has 0 radical (unpaired) electrons. The van der Waals surface area contributed by atoms with Crippen LogP contribution in [0.25, 0.3) is 0 Å². The number of nitrogens with zero attached hydrogens (tertiary/aromatic N) is 2. The van der Waals surface area contributed by atoms with Crippen molar-refractivity contribution >= 4 is 23.7 Å². The highest BCUT2D eigenvalue weighted by atomic mass is 16.5. The number of methoxy groups -OCH3 is 3. The first kappa shape index (κ1) is 19.2. The SMILES string of the molecule is COc1cc(OC)c(OC)cc1C=NNC(=O)CCC1C(=O)NN=C1C. The zero-order chi connectivity index (χ0) is 19.1. The van der Waals surface area contributed by atoms with Crippen LogP contribution in [0.3, 0.4) is 0 Å². The first-order chi connectivity index (χ1) is 12.5. The predicted molar refractivity (Wildman–Crippen MR) is 95.8 cm³/mol. The van der Waals surface area contributed by atoms with E-state index in [1.54, 1.807) is 19.1 Å². The average molecular weight is 362 g/mol. The Hall–Kier alpha value is -3.10. The minimum absolute atomic E-state index is 0.158. The lowest BCUT2D eigenvalue weighted by molar-refractivity contribution is -0.123. The Labute approximate surface area is 151 Å². The van der Waals surface area contributed by atoms with Crippen LogP contribution in [0.5, 0.6) is 17.2 Å². The molecule has 9 heteroatoms. The molecule has 1 atom stereocenters. The van der Waals surface area contributed by atoms with Gasteiger partial charge < -0.3 is 14.2 Å². The van der Waals surface area contributed by atoms with Gasteiger partial charge >= 0.3 is 0 Å². The molecule has 0 fully saturated rings. The van der Waals surface area contributed by atoms with E-state index in [4.69, 9.17) is 14.2 Å². The lowest BCUT2D eigenvalue weighted by atomic mass is 9.99. The quantitative estimate of drug-likeness (QED) is 0.531. The highest BCUT2D eigenvalue weighted by Gasteiger charge is 2.26. The van der Waals surface area contributed by atoms with Crippen LogP contribution in [0.2, 0.25) is 0 Å². The fourth-order valence-electron chi connectivity index (χ4n) is 2.49. The Bertz CT molecular complexity index is 745. The summed E-state index contributed by atoms with van der Waals surface area (Å²) < 4.78 is 15.7. The van der Waals surface area contributed by atoms with Crippen molar-refractivity contribution in [3.05, 3.63) is 17.7 Å². The van der Waals surface area contributed by atoms with Gasteiger partial charge in [-0.05, 0) is 19.4 Å². The second kappa shape index (κ2) is 8.84. The summed E-state index contributed by atoms with van der Waals surface area (Å²) in [5.41, 5.74) is 6.12. The molecular formula is C17H22N4O5. The number of rotatable bonds is 8.